The number of benzene rings is 1. The highest BCUT2D eigenvalue weighted by molar-refractivity contribution is 5.90. The molecule has 3 aromatic rings. The van der Waals surface area contributed by atoms with E-state index in [1.165, 1.54) is 17.6 Å². The molecule has 0 fully saturated rings. The number of hydroxylamine groups is 1. The lowest BCUT2D eigenvalue weighted by molar-refractivity contribution is -0.124. The van der Waals surface area contributed by atoms with Gasteiger partial charge >= 0.3 is 0 Å². The van der Waals surface area contributed by atoms with Crippen molar-refractivity contribution < 1.29 is 14.4 Å². The second-order valence-corrected chi connectivity index (χ2v) is 5.78. The first kappa shape index (κ1) is 16.8. The number of aromatic nitrogens is 4. The number of carbonyl (C=O) groups is 1. The Labute approximate surface area is 144 Å². The highest BCUT2D eigenvalue weighted by Crippen LogP contribution is 2.30. The SMILES string of the molecule is CCC(C)C(c1nc2ccccc2o1)n1cc(/C=C/C(=O)NO)nn1. The van der Waals surface area contributed by atoms with Gasteiger partial charge in [0.2, 0.25) is 5.89 Å². The van der Waals surface area contributed by atoms with Crippen molar-refractivity contribution in [1.29, 1.82) is 0 Å². The second kappa shape index (κ2) is 7.27. The van der Waals surface area contributed by atoms with Gasteiger partial charge in [-0.05, 0) is 24.1 Å². The van der Waals surface area contributed by atoms with Crippen LogP contribution in [0, 0.1) is 5.92 Å². The average molecular weight is 341 g/mol. The molecule has 2 heterocycles. The van der Waals surface area contributed by atoms with E-state index in [-0.39, 0.29) is 12.0 Å². The fraction of sp³-hybridized carbons (Fsp3) is 0.294. The van der Waals surface area contributed by atoms with Crippen molar-refractivity contribution in [3.8, 4) is 0 Å². The third kappa shape index (κ3) is 3.58. The summed E-state index contributed by atoms with van der Waals surface area (Å²) in [6, 6.07) is 7.39. The number of para-hydroxylation sites is 2. The molecule has 2 aromatic heterocycles. The predicted molar refractivity (Wildman–Crippen MR) is 90.6 cm³/mol. The summed E-state index contributed by atoms with van der Waals surface area (Å²) in [5, 5.41) is 16.7. The molecule has 0 radical (unpaired) electrons. The number of nitrogens with one attached hydrogen (secondary N) is 1. The minimum absolute atomic E-state index is 0.210. The molecule has 130 valence electrons. The number of amides is 1. The van der Waals surface area contributed by atoms with Gasteiger partial charge in [0, 0.05) is 6.08 Å². The Hall–Kier alpha value is -3.00. The first-order chi connectivity index (χ1) is 12.1. The molecule has 1 aromatic carbocycles. The van der Waals surface area contributed by atoms with Crippen LogP contribution in [-0.2, 0) is 4.79 Å². The number of nitrogens with zero attached hydrogens (tertiary/aromatic N) is 4. The topological polar surface area (TPSA) is 106 Å². The number of carbonyl (C=O) groups excluding carboxylic acids is 1. The van der Waals surface area contributed by atoms with Gasteiger partial charge in [0.1, 0.15) is 17.3 Å². The maximum atomic E-state index is 11.1. The van der Waals surface area contributed by atoms with Crippen molar-refractivity contribution in [1.82, 2.24) is 25.5 Å². The van der Waals surface area contributed by atoms with Gasteiger partial charge in [0.15, 0.2) is 5.58 Å². The molecular weight excluding hydrogens is 322 g/mol. The zero-order valence-corrected chi connectivity index (χ0v) is 14.0. The van der Waals surface area contributed by atoms with Crippen LogP contribution in [-0.4, -0.2) is 31.1 Å². The van der Waals surface area contributed by atoms with Crippen molar-refractivity contribution in [3.05, 3.63) is 48.1 Å². The minimum atomic E-state index is -0.632. The maximum absolute atomic E-state index is 11.1. The van der Waals surface area contributed by atoms with E-state index in [0.29, 0.717) is 11.6 Å². The number of hydrogen-bond donors (Lipinski definition) is 2. The summed E-state index contributed by atoms with van der Waals surface area (Å²) in [6.45, 7) is 4.18. The molecule has 2 atom stereocenters. The zero-order chi connectivity index (χ0) is 17.8. The molecule has 0 saturated carbocycles. The molecule has 0 saturated heterocycles. The number of oxazole rings is 1. The molecule has 2 N–H and O–H groups in total. The van der Waals surface area contributed by atoms with Gasteiger partial charge in [0.25, 0.3) is 5.91 Å². The number of rotatable bonds is 6. The van der Waals surface area contributed by atoms with Crippen molar-refractivity contribution in [2.45, 2.75) is 26.3 Å². The van der Waals surface area contributed by atoms with E-state index in [4.69, 9.17) is 9.62 Å². The highest BCUT2D eigenvalue weighted by atomic mass is 16.5. The van der Waals surface area contributed by atoms with Gasteiger partial charge in [-0.15, -0.1) is 5.10 Å². The van der Waals surface area contributed by atoms with E-state index in [1.807, 2.05) is 24.3 Å². The molecule has 8 nitrogen and oxygen atoms in total. The molecule has 0 aliphatic rings. The van der Waals surface area contributed by atoms with Gasteiger partial charge in [0.05, 0.1) is 6.20 Å². The molecule has 2 unspecified atom stereocenters. The molecule has 0 spiro atoms. The van der Waals surface area contributed by atoms with Crippen molar-refractivity contribution >= 4 is 23.1 Å². The largest absolute Gasteiger partial charge is 0.438 e. The van der Waals surface area contributed by atoms with E-state index < -0.39 is 5.91 Å². The Balaban J connectivity index is 1.95. The van der Waals surface area contributed by atoms with Gasteiger partial charge in [-0.25, -0.2) is 15.1 Å². The third-order valence-electron chi connectivity index (χ3n) is 4.08. The molecule has 1 amide bonds. The molecule has 8 heteroatoms. The highest BCUT2D eigenvalue weighted by Gasteiger charge is 2.26. The van der Waals surface area contributed by atoms with E-state index in [2.05, 4.69) is 29.1 Å². The van der Waals surface area contributed by atoms with Gasteiger partial charge in [-0.3, -0.25) is 10.0 Å². The first-order valence-corrected chi connectivity index (χ1v) is 8.01. The summed E-state index contributed by atoms with van der Waals surface area (Å²) >= 11 is 0. The van der Waals surface area contributed by atoms with E-state index >= 15 is 0 Å². The maximum Gasteiger partial charge on any atom is 0.267 e. The summed E-state index contributed by atoms with van der Waals surface area (Å²) < 4.78 is 7.61. The fourth-order valence-electron chi connectivity index (χ4n) is 2.56. The summed E-state index contributed by atoms with van der Waals surface area (Å²) in [6.07, 6.45) is 5.26. The lowest BCUT2D eigenvalue weighted by atomic mass is 9.99. The van der Waals surface area contributed by atoms with Gasteiger partial charge in [-0.2, -0.15) is 0 Å². The number of fused-ring (bicyclic) bond motifs is 1. The van der Waals surface area contributed by atoms with Crippen LogP contribution in [0.1, 0.15) is 37.9 Å². The Morgan fingerprint density at radius 1 is 1.44 bits per heavy atom. The quantitative estimate of drug-likeness (QED) is 0.405. The van der Waals surface area contributed by atoms with Gasteiger partial charge < -0.3 is 4.42 Å². The summed E-state index contributed by atoms with van der Waals surface area (Å²) in [5.41, 5.74) is 3.55. The summed E-state index contributed by atoms with van der Waals surface area (Å²) in [4.78, 5) is 15.7. The smallest absolute Gasteiger partial charge is 0.267 e. The summed E-state index contributed by atoms with van der Waals surface area (Å²) in [7, 11) is 0. The molecule has 0 aliphatic heterocycles. The van der Waals surface area contributed by atoms with Crippen LogP contribution in [0.3, 0.4) is 0 Å². The lowest BCUT2D eigenvalue weighted by Crippen LogP contribution is -2.19. The fourth-order valence-corrected chi connectivity index (χ4v) is 2.56. The minimum Gasteiger partial charge on any atom is -0.438 e. The molecular formula is C17H19N5O3. The molecule has 3 rings (SSSR count). The Kier molecular flexibility index (Phi) is 4.90. The van der Waals surface area contributed by atoms with Gasteiger partial charge in [-0.1, -0.05) is 37.6 Å². The van der Waals surface area contributed by atoms with Crippen LogP contribution in [0.2, 0.25) is 0 Å². The first-order valence-electron chi connectivity index (χ1n) is 8.01. The van der Waals surface area contributed by atoms with Crippen LogP contribution in [0.5, 0.6) is 0 Å². The van der Waals surface area contributed by atoms with Crippen LogP contribution >= 0.6 is 0 Å². The molecule has 0 aliphatic carbocycles. The van der Waals surface area contributed by atoms with Crippen LogP contribution in [0.25, 0.3) is 17.2 Å². The van der Waals surface area contributed by atoms with E-state index in [1.54, 1.807) is 10.9 Å². The number of hydrogen-bond acceptors (Lipinski definition) is 6. The van der Waals surface area contributed by atoms with Crippen molar-refractivity contribution in [2.24, 2.45) is 5.92 Å². The van der Waals surface area contributed by atoms with Crippen LogP contribution in [0.4, 0.5) is 0 Å². The van der Waals surface area contributed by atoms with E-state index in [9.17, 15) is 4.79 Å². The standard InChI is InChI=1S/C17H19N5O3/c1-3-11(2)16(17-18-13-6-4-5-7-14(13)25-17)22-10-12(19-21-22)8-9-15(23)20-24/h4-11,16,24H,3H2,1-2H3,(H,20,23)/b9-8+. The normalized spacial score (nSPS) is 14.0. The molecule has 25 heavy (non-hydrogen) atoms. The third-order valence-corrected chi connectivity index (χ3v) is 4.08. The van der Waals surface area contributed by atoms with Crippen molar-refractivity contribution in [3.63, 3.8) is 0 Å². The average Bonchev–Trinajstić information content (AvgIpc) is 3.26. The van der Waals surface area contributed by atoms with Crippen LogP contribution in [0.15, 0.2) is 41.0 Å². The lowest BCUT2D eigenvalue weighted by Gasteiger charge is -2.19. The van der Waals surface area contributed by atoms with Crippen LogP contribution < -0.4 is 5.48 Å². The second-order valence-electron chi connectivity index (χ2n) is 5.78. The monoisotopic (exact) mass is 341 g/mol. The van der Waals surface area contributed by atoms with E-state index in [0.717, 1.165) is 17.5 Å². The molecule has 0 bridgehead atoms. The Bertz CT molecular complexity index is 865. The Morgan fingerprint density at radius 2 is 2.24 bits per heavy atom. The Morgan fingerprint density at radius 3 is 2.96 bits per heavy atom. The summed E-state index contributed by atoms with van der Waals surface area (Å²) in [5.74, 6) is 0.156. The predicted octanol–water partition coefficient (Wildman–Crippen LogP) is 2.57. The zero-order valence-electron chi connectivity index (χ0n) is 14.0. The van der Waals surface area contributed by atoms with Crippen molar-refractivity contribution in [2.75, 3.05) is 0 Å².